The summed E-state index contributed by atoms with van der Waals surface area (Å²) in [5.74, 6) is 2.94. The predicted octanol–water partition coefficient (Wildman–Crippen LogP) is 3.21. The van der Waals surface area contributed by atoms with E-state index < -0.39 is 0 Å². The molecule has 16 heavy (non-hydrogen) atoms. The fourth-order valence-electron chi connectivity index (χ4n) is 1.31. The highest BCUT2D eigenvalue weighted by atomic mass is 16.5. The fraction of sp³-hybridized carbons (Fsp3) is 0.0667. The third-order valence-electron chi connectivity index (χ3n) is 2.12. The molecule has 0 N–H and O–H groups in total. The quantitative estimate of drug-likeness (QED) is 0.688. The van der Waals surface area contributed by atoms with Crippen LogP contribution in [0.1, 0.15) is 11.1 Å². The fourth-order valence-corrected chi connectivity index (χ4v) is 1.31. The summed E-state index contributed by atoms with van der Waals surface area (Å²) in [5, 5.41) is 0. The van der Waals surface area contributed by atoms with E-state index in [1.54, 1.807) is 0 Å². The summed E-state index contributed by atoms with van der Waals surface area (Å²) in [7, 11) is 0. The van der Waals surface area contributed by atoms with E-state index in [-0.39, 0.29) is 0 Å². The Morgan fingerprint density at radius 1 is 0.812 bits per heavy atom. The van der Waals surface area contributed by atoms with Gasteiger partial charge >= 0.3 is 0 Å². The van der Waals surface area contributed by atoms with Crippen LogP contribution in [0, 0.1) is 12.0 Å². The Kier molecular flexibility index (Phi) is 3.63. The van der Waals surface area contributed by atoms with E-state index in [4.69, 9.17) is 4.74 Å². The molecule has 0 atom stereocenters. The van der Waals surface area contributed by atoms with Crippen molar-refractivity contribution in [3.8, 4) is 12.0 Å². The molecular formula is C15H12O. The predicted molar refractivity (Wildman–Crippen MR) is 64.6 cm³/mol. The van der Waals surface area contributed by atoms with Gasteiger partial charge in [0, 0.05) is 5.56 Å². The van der Waals surface area contributed by atoms with Crippen LogP contribution in [0.5, 0.6) is 0 Å². The maximum atomic E-state index is 5.26. The first kappa shape index (κ1) is 10.3. The molecule has 0 aliphatic rings. The second-order valence-electron chi connectivity index (χ2n) is 3.37. The van der Waals surface area contributed by atoms with Gasteiger partial charge in [-0.1, -0.05) is 48.5 Å². The zero-order chi connectivity index (χ0) is 11.1. The summed E-state index contributed by atoms with van der Waals surface area (Å²) >= 11 is 0. The molecule has 78 valence electrons. The van der Waals surface area contributed by atoms with Crippen molar-refractivity contribution in [1.29, 1.82) is 0 Å². The number of rotatable bonds is 2. The van der Waals surface area contributed by atoms with Crippen molar-refractivity contribution in [3.05, 3.63) is 71.8 Å². The third-order valence-corrected chi connectivity index (χ3v) is 2.12. The summed E-state index contributed by atoms with van der Waals surface area (Å²) in [6, 6.07) is 19.8. The maximum Gasteiger partial charge on any atom is 0.125 e. The highest BCUT2D eigenvalue weighted by molar-refractivity contribution is 5.32. The normalized spacial score (nSPS) is 9.00. The van der Waals surface area contributed by atoms with E-state index in [9.17, 15) is 0 Å². The Labute approximate surface area is 95.7 Å². The van der Waals surface area contributed by atoms with Gasteiger partial charge in [0.15, 0.2) is 0 Å². The molecule has 0 spiro atoms. The Bertz CT molecular complexity index is 477. The molecule has 0 heterocycles. The molecule has 0 aromatic heterocycles. The summed E-state index contributed by atoms with van der Waals surface area (Å²) in [4.78, 5) is 0. The van der Waals surface area contributed by atoms with E-state index in [2.05, 4.69) is 12.0 Å². The second-order valence-corrected chi connectivity index (χ2v) is 3.37. The van der Waals surface area contributed by atoms with Gasteiger partial charge in [0.25, 0.3) is 0 Å². The molecule has 0 fully saturated rings. The van der Waals surface area contributed by atoms with Crippen LogP contribution >= 0.6 is 0 Å². The molecule has 0 saturated carbocycles. The zero-order valence-corrected chi connectivity index (χ0v) is 8.89. The van der Waals surface area contributed by atoms with Gasteiger partial charge in [0.1, 0.15) is 12.7 Å². The monoisotopic (exact) mass is 208 g/mol. The molecule has 0 radical (unpaired) electrons. The Balaban J connectivity index is 1.87. The molecule has 0 amide bonds. The molecule has 0 aliphatic heterocycles. The molecule has 2 rings (SSSR count). The average Bonchev–Trinajstić information content (AvgIpc) is 2.37. The lowest BCUT2D eigenvalue weighted by molar-refractivity contribution is 0.265. The molecule has 1 nitrogen and oxygen atoms in total. The van der Waals surface area contributed by atoms with E-state index in [1.165, 1.54) is 0 Å². The smallest absolute Gasteiger partial charge is 0.125 e. The van der Waals surface area contributed by atoms with Gasteiger partial charge in [0.2, 0.25) is 0 Å². The second kappa shape index (κ2) is 5.63. The number of hydrogen-bond donors (Lipinski definition) is 0. The van der Waals surface area contributed by atoms with Crippen LogP contribution in [0.15, 0.2) is 60.7 Å². The van der Waals surface area contributed by atoms with Crippen LogP contribution in [0.4, 0.5) is 0 Å². The molecule has 2 aromatic carbocycles. The number of ether oxygens (including phenoxy) is 1. The SMILES string of the molecule is C(#Cc1ccccc1)OCc1ccccc1. The third kappa shape index (κ3) is 3.18. The lowest BCUT2D eigenvalue weighted by Gasteiger charge is -1.96. The minimum atomic E-state index is 0.528. The van der Waals surface area contributed by atoms with Crippen LogP contribution < -0.4 is 0 Å². The van der Waals surface area contributed by atoms with Gasteiger partial charge in [-0.3, -0.25) is 0 Å². The lowest BCUT2D eigenvalue weighted by atomic mass is 10.2. The van der Waals surface area contributed by atoms with Crippen molar-refractivity contribution in [2.45, 2.75) is 6.61 Å². The topological polar surface area (TPSA) is 9.23 Å². The molecular weight excluding hydrogens is 196 g/mol. The zero-order valence-electron chi connectivity index (χ0n) is 8.89. The molecule has 0 aliphatic carbocycles. The number of hydrogen-bond acceptors (Lipinski definition) is 1. The van der Waals surface area contributed by atoms with Crippen molar-refractivity contribution in [2.24, 2.45) is 0 Å². The molecule has 1 heteroatoms. The van der Waals surface area contributed by atoms with Gasteiger partial charge in [-0.05, 0) is 23.6 Å². The minimum absolute atomic E-state index is 0.528. The Morgan fingerprint density at radius 3 is 2.12 bits per heavy atom. The van der Waals surface area contributed by atoms with E-state index >= 15 is 0 Å². The van der Waals surface area contributed by atoms with Crippen molar-refractivity contribution in [2.75, 3.05) is 0 Å². The maximum absolute atomic E-state index is 5.26. The molecule has 0 saturated heterocycles. The van der Waals surface area contributed by atoms with Crippen LogP contribution in [-0.2, 0) is 11.3 Å². The molecule has 0 bridgehead atoms. The first-order valence-corrected chi connectivity index (χ1v) is 5.17. The van der Waals surface area contributed by atoms with Crippen molar-refractivity contribution >= 4 is 0 Å². The van der Waals surface area contributed by atoms with Gasteiger partial charge in [0.05, 0.1) is 0 Å². The minimum Gasteiger partial charge on any atom is -0.441 e. The van der Waals surface area contributed by atoms with Gasteiger partial charge in [-0.15, -0.1) is 0 Å². The van der Waals surface area contributed by atoms with Crippen LogP contribution in [0.25, 0.3) is 0 Å². The molecule has 0 unspecified atom stereocenters. The highest BCUT2D eigenvalue weighted by Crippen LogP contribution is 2.00. The summed E-state index contributed by atoms with van der Waals surface area (Å²) in [5.41, 5.74) is 2.10. The Morgan fingerprint density at radius 2 is 1.44 bits per heavy atom. The Hall–Kier alpha value is -2.20. The highest BCUT2D eigenvalue weighted by Gasteiger charge is 1.88. The number of benzene rings is 2. The largest absolute Gasteiger partial charge is 0.441 e. The summed E-state index contributed by atoms with van der Waals surface area (Å²) < 4.78 is 5.26. The lowest BCUT2D eigenvalue weighted by Crippen LogP contribution is -1.85. The summed E-state index contributed by atoms with van der Waals surface area (Å²) in [6.07, 6.45) is 2.70. The standard InChI is InChI=1S/C15H12O/c1-3-7-14(8-4-1)11-12-16-13-15-9-5-2-6-10-15/h1-10H,13H2. The van der Waals surface area contributed by atoms with Crippen LogP contribution in [0.2, 0.25) is 0 Å². The van der Waals surface area contributed by atoms with Gasteiger partial charge in [-0.25, -0.2) is 0 Å². The first-order chi connectivity index (χ1) is 7.95. The van der Waals surface area contributed by atoms with Crippen LogP contribution in [-0.4, -0.2) is 0 Å². The molecule has 2 aromatic rings. The van der Waals surface area contributed by atoms with Gasteiger partial charge < -0.3 is 4.74 Å². The van der Waals surface area contributed by atoms with Crippen molar-refractivity contribution in [3.63, 3.8) is 0 Å². The van der Waals surface area contributed by atoms with Crippen molar-refractivity contribution < 1.29 is 4.74 Å². The average molecular weight is 208 g/mol. The van der Waals surface area contributed by atoms with E-state index in [1.807, 2.05) is 60.7 Å². The summed E-state index contributed by atoms with van der Waals surface area (Å²) in [6.45, 7) is 0.528. The van der Waals surface area contributed by atoms with E-state index in [0.717, 1.165) is 11.1 Å². The van der Waals surface area contributed by atoms with Crippen molar-refractivity contribution in [1.82, 2.24) is 0 Å². The van der Waals surface area contributed by atoms with Gasteiger partial charge in [-0.2, -0.15) is 0 Å². The first-order valence-electron chi connectivity index (χ1n) is 5.17. The van der Waals surface area contributed by atoms with E-state index in [0.29, 0.717) is 6.61 Å². The van der Waals surface area contributed by atoms with Crippen LogP contribution in [0.3, 0.4) is 0 Å².